The van der Waals surface area contributed by atoms with Crippen LogP contribution < -0.4 is 10.2 Å². The van der Waals surface area contributed by atoms with Crippen molar-refractivity contribution in [1.29, 1.82) is 0 Å². The van der Waals surface area contributed by atoms with E-state index in [1.54, 1.807) is 0 Å². The quantitative estimate of drug-likeness (QED) is 0.904. The summed E-state index contributed by atoms with van der Waals surface area (Å²) < 4.78 is 5.74. The lowest BCUT2D eigenvalue weighted by Crippen LogP contribution is -2.37. The van der Waals surface area contributed by atoms with Crippen LogP contribution >= 0.6 is 0 Å². The van der Waals surface area contributed by atoms with Gasteiger partial charge in [-0.25, -0.2) is 0 Å². The van der Waals surface area contributed by atoms with E-state index in [4.69, 9.17) is 4.74 Å². The molecule has 0 aromatic heterocycles. The average molecular weight is 260 g/mol. The molecule has 3 nitrogen and oxygen atoms in total. The molecule has 1 saturated heterocycles. The lowest BCUT2D eigenvalue weighted by atomic mass is 10.00. The Kier molecular flexibility index (Phi) is 3.92. The van der Waals surface area contributed by atoms with E-state index in [9.17, 15) is 0 Å². The summed E-state index contributed by atoms with van der Waals surface area (Å²) in [7, 11) is 0. The van der Waals surface area contributed by atoms with Crippen LogP contribution in [0.25, 0.3) is 0 Å². The zero-order chi connectivity index (χ0) is 13.1. The molecule has 0 spiro atoms. The highest BCUT2D eigenvalue weighted by Crippen LogP contribution is 2.34. The van der Waals surface area contributed by atoms with Crippen molar-refractivity contribution in [2.24, 2.45) is 0 Å². The van der Waals surface area contributed by atoms with Gasteiger partial charge in [-0.3, -0.25) is 0 Å². The van der Waals surface area contributed by atoms with E-state index in [1.165, 1.54) is 29.8 Å². The largest absolute Gasteiger partial charge is 0.383 e. The molecule has 1 aromatic carbocycles. The van der Waals surface area contributed by atoms with E-state index in [0.717, 1.165) is 39.1 Å². The summed E-state index contributed by atoms with van der Waals surface area (Å²) in [6, 6.07) is 6.73. The van der Waals surface area contributed by atoms with Crippen molar-refractivity contribution < 1.29 is 4.74 Å². The molecule has 2 heterocycles. The first-order valence-electron chi connectivity index (χ1n) is 7.61. The fourth-order valence-corrected chi connectivity index (χ4v) is 3.25. The summed E-state index contributed by atoms with van der Waals surface area (Å²) in [4.78, 5) is 2.52. The Hall–Kier alpha value is -1.22. The van der Waals surface area contributed by atoms with Crippen molar-refractivity contribution in [1.82, 2.24) is 0 Å². The molecule has 2 aliphatic rings. The van der Waals surface area contributed by atoms with Crippen molar-refractivity contribution in [3.8, 4) is 0 Å². The van der Waals surface area contributed by atoms with Gasteiger partial charge in [0.05, 0.1) is 17.5 Å². The Labute approximate surface area is 115 Å². The number of hydrogen-bond acceptors (Lipinski definition) is 3. The molecule has 2 aliphatic heterocycles. The Balaban J connectivity index is 1.73. The minimum atomic E-state index is 0.466. The third kappa shape index (κ3) is 2.71. The molecular weight excluding hydrogens is 236 g/mol. The maximum absolute atomic E-state index is 5.74. The van der Waals surface area contributed by atoms with Crippen molar-refractivity contribution in [2.75, 3.05) is 36.5 Å². The zero-order valence-electron chi connectivity index (χ0n) is 11.8. The van der Waals surface area contributed by atoms with Crippen LogP contribution in [0.2, 0.25) is 0 Å². The van der Waals surface area contributed by atoms with Crippen molar-refractivity contribution in [3.63, 3.8) is 0 Å². The molecule has 104 valence electrons. The Morgan fingerprint density at radius 2 is 2.16 bits per heavy atom. The summed E-state index contributed by atoms with van der Waals surface area (Å²) in [6.07, 6.45) is 5.23. The second-order valence-corrected chi connectivity index (χ2v) is 5.48. The van der Waals surface area contributed by atoms with E-state index in [-0.39, 0.29) is 0 Å². The van der Waals surface area contributed by atoms with Crippen LogP contribution in [0.1, 0.15) is 31.7 Å². The third-order valence-corrected chi connectivity index (χ3v) is 4.24. The van der Waals surface area contributed by atoms with Gasteiger partial charge in [-0.05, 0) is 44.2 Å². The molecule has 0 amide bonds. The van der Waals surface area contributed by atoms with Gasteiger partial charge in [-0.1, -0.05) is 12.1 Å². The number of anilines is 2. The Morgan fingerprint density at radius 1 is 1.32 bits per heavy atom. The lowest BCUT2D eigenvalue weighted by molar-refractivity contribution is 0.0459. The number of ether oxygens (including phenoxy) is 1. The van der Waals surface area contributed by atoms with E-state index < -0.39 is 0 Å². The van der Waals surface area contributed by atoms with Crippen LogP contribution in [0.5, 0.6) is 0 Å². The van der Waals surface area contributed by atoms with Gasteiger partial charge < -0.3 is 15.0 Å². The molecule has 0 radical (unpaired) electrons. The fourth-order valence-electron chi connectivity index (χ4n) is 3.25. The fraction of sp³-hybridized carbons (Fsp3) is 0.625. The third-order valence-electron chi connectivity index (χ3n) is 4.24. The number of benzene rings is 1. The molecule has 1 fully saturated rings. The molecule has 0 atom stereocenters. The molecule has 1 aromatic rings. The summed E-state index contributed by atoms with van der Waals surface area (Å²) in [5.74, 6) is 0. The molecule has 1 N–H and O–H groups in total. The summed E-state index contributed by atoms with van der Waals surface area (Å²) in [5.41, 5.74) is 4.26. The van der Waals surface area contributed by atoms with Gasteiger partial charge in [0.2, 0.25) is 0 Å². The molecule has 3 rings (SSSR count). The van der Waals surface area contributed by atoms with Gasteiger partial charge in [0.15, 0.2) is 0 Å². The second kappa shape index (κ2) is 5.83. The van der Waals surface area contributed by atoms with Gasteiger partial charge in [-0.2, -0.15) is 0 Å². The summed E-state index contributed by atoms with van der Waals surface area (Å²) in [6.45, 7) is 6.27. The summed E-state index contributed by atoms with van der Waals surface area (Å²) in [5, 5.41) is 3.59. The maximum atomic E-state index is 5.74. The normalized spacial score (nSPS) is 19.9. The van der Waals surface area contributed by atoms with Crippen molar-refractivity contribution in [2.45, 2.75) is 38.7 Å². The number of fused-ring (bicyclic) bond motifs is 1. The highest BCUT2D eigenvalue weighted by Gasteiger charge is 2.22. The zero-order valence-corrected chi connectivity index (χ0v) is 11.8. The van der Waals surface area contributed by atoms with Gasteiger partial charge in [0.25, 0.3) is 0 Å². The van der Waals surface area contributed by atoms with Gasteiger partial charge in [0, 0.05) is 26.2 Å². The molecule has 0 saturated carbocycles. The number of rotatable bonds is 3. The average Bonchev–Trinajstić information content (AvgIpc) is 2.48. The maximum Gasteiger partial charge on any atom is 0.0610 e. The number of nitrogens with one attached hydrogen (secondary N) is 1. The first kappa shape index (κ1) is 12.8. The predicted molar refractivity (Wildman–Crippen MR) is 80.1 cm³/mol. The van der Waals surface area contributed by atoms with Crippen LogP contribution in [0.3, 0.4) is 0 Å². The molecule has 0 bridgehead atoms. The second-order valence-electron chi connectivity index (χ2n) is 5.48. The standard InChI is InChI=1S/C16H24N2O/c1-2-19-14-8-11-18(12-9-14)15-7-3-5-13-6-4-10-17-16(13)15/h3,5,7,14,17H,2,4,6,8-12H2,1H3. The topological polar surface area (TPSA) is 24.5 Å². The highest BCUT2D eigenvalue weighted by atomic mass is 16.5. The predicted octanol–water partition coefficient (Wildman–Crippen LogP) is 3.05. The highest BCUT2D eigenvalue weighted by molar-refractivity contribution is 5.74. The van der Waals surface area contributed by atoms with Gasteiger partial charge >= 0.3 is 0 Å². The van der Waals surface area contributed by atoms with Crippen LogP contribution in [0.4, 0.5) is 11.4 Å². The number of para-hydroxylation sites is 1. The first-order valence-corrected chi connectivity index (χ1v) is 7.61. The minimum Gasteiger partial charge on any atom is -0.383 e. The SMILES string of the molecule is CCOC1CCN(c2cccc3c2NCCC3)CC1. The number of nitrogens with zero attached hydrogens (tertiary/aromatic N) is 1. The minimum absolute atomic E-state index is 0.466. The Morgan fingerprint density at radius 3 is 2.95 bits per heavy atom. The van der Waals surface area contributed by atoms with Crippen LogP contribution in [-0.2, 0) is 11.2 Å². The van der Waals surface area contributed by atoms with Crippen LogP contribution in [-0.4, -0.2) is 32.3 Å². The number of hydrogen-bond donors (Lipinski definition) is 1. The van der Waals surface area contributed by atoms with Gasteiger partial charge in [-0.15, -0.1) is 0 Å². The monoisotopic (exact) mass is 260 g/mol. The van der Waals surface area contributed by atoms with E-state index in [2.05, 4.69) is 35.3 Å². The van der Waals surface area contributed by atoms with E-state index in [0.29, 0.717) is 6.10 Å². The van der Waals surface area contributed by atoms with Crippen LogP contribution in [0, 0.1) is 0 Å². The van der Waals surface area contributed by atoms with E-state index in [1.807, 2.05) is 0 Å². The molecule has 0 unspecified atom stereocenters. The van der Waals surface area contributed by atoms with Crippen LogP contribution in [0.15, 0.2) is 18.2 Å². The van der Waals surface area contributed by atoms with E-state index >= 15 is 0 Å². The van der Waals surface area contributed by atoms with Crippen molar-refractivity contribution in [3.05, 3.63) is 23.8 Å². The molecule has 19 heavy (non-hydrogen) atoms. The lowest BCUT2D eigenvalue weighted by Gasteiger charge is -2.35. The molecule has 3 heteroatoms. The molecular formula is C16H24N2O. The smallest absolute Gasteiger partial charge is 0.0610 e. The first-order chi connectivity index (χ1) is 9.38. The number of piperidine rings is 1. The Bertz CT molecular complexity index is 425. The number of aryl methyl sites for hydroxylation is 1. The molecule has 0 aliphatic carbocycles. The summed E-state index contributed by atoms with van der Waals surface area (Å²) >= 11 is 0. The van der Waals surface area contributed by atoms with Crippen molar-refractivity contribution >= 4 is 11.4 Å². The van der Waals surface area contributed by atoms with Gasteiger partial charge in [0.1, 0.15) is 0 Å².